The summed E-state index contributed by atoms with van der Waals surface area (Å²) in [4.78, 5) is 14.5. The van der Waals surface area contributed by atoms with Crippen molar-refractivity contribution in [3.05, 3.63) is 28.2 Å². The standard InChI is InChI=1S/C14H16BrNO3/c15-8-1-4-13(18)12(5-8)14(19)16-9-2-3-10(16)7-11(17)6-9/h1,4-5,9-11,17-18H,2-3,6-7H2. The van der Waals surface area contributed by atoms with Gasteiger partial charge in [-0.05, 0) is 43.9 Å². The highest BCUT2D eigenvalue weighted by Crippen LogP contribution is 2.38. The van der Waals surface area contributed by atoms with Crippen molar-refractivity contribution in [2.75, 3.05) is 0 Å². The van der Waals surface area contributed by atoms with Gasteiger partial charge < -0.3 is 15.1 Å². The number of piperidine rings is 1. The summed E-state index contributed by atoms with van der Waals surface area (Å²) in [6.07, 6.45) is 2.90. The largest absolute Gasteiger partial charge is 0.507 e. The molecular formula is C14H16BrNO3. The lowest BCUT2D eigenvalue weighted by Crippen LogP contribution is -2.48. The molecule has 3 rings (SSSR count). The van der Waals surface area contributed by atoms with E-state index in [1.54, 1.807) is 12.1 Å². The van der Waals surface area contributed by atoms with Crippen LogP contribution >= 0.6 is 15.9 Å². The number of hydrogen-bond acceptors (Lipinski definition) is 3. The zero-order valence-corrected chi connectivity index (χ0v) is 12.0. The number of rotatable bonds is 1. The third kappa shape index (κ3) is 2.25. The average Bonchev–Trinajstić information content (AvgIpc) is 2.64. The van der Waals surface area contributed by atoms with E-state index in [0.29, 0.717) is 18.4 Å². The Morgan fingerprint density at radius 3 is 2.53 bits per heavy atom. The molecule has 2 aliphatic rings. The topological polar surface area (TPSA) is 60.8 Å². The molecule has 2 fully saturated rings. The van der Waals surface area contributed by atoms with E-state index in [2.05, 4.69) is 15.9 Å². The maximum atomic E-state index is 12.6. The van der Waals surface area contributed by atoms with Gasteiger partial charge in [-0.15, -0.1) is 0 Å². The molecule has 2 unspecified atom stereocenters. The molecule has 2 bridgehead atoms. The monoisotopic (exact) mass is 325 g/mol. The maximum absolute atomic E-state index is 12.6. The SMILES string of the molecule is O=C(c1cc(Br)ccc1O)N1C2CCC1CC(O)C2. The van der Waals surface area contributed by atoms with Crippen LogP contribution in [0.1, 0.15) is 36.0 Å². The minimum Gasteiger partial charge on any atom is -0.507 e. The number of carbonyl (C=O) groups excluding carboxylic acids is 1. The van der Waals surface area contributed by atoms with Crippen LogP contribution in [0.25, 0.3) is 0 Å². The van der Waals surface area contributed by atoms with Crippen molar-refractivity contribution < 1.29 is 15.0 Å². The molecule has 0 aliphatic carbocycles. The van der Waals surface area contributed by atoms with Crippen LogP contribution in [0.3, 0.4) is 0 Å². The lowest BCUT2D eigenvalue weighted by atomic mass is 9.98. The van der Waals surface area contributed by atoms with Gasteiger partial charge >= 0.3 is 0 Å². The Hall–Kier alpha value is -1.07. The second-order valence-electron chi connectivity index (χ2n) is 5.38. The zero-order chi connectivity index (χ0) is 13.6. The Morgan fingerprint density at radius 2 is 1.89 bits per heavy atom. The number of aliphatic hydroxyl groups excluding tert-OH is 1. The minimum absolute atomic E-state index is 0.0127. The van der Waals surface area contributed by atoms with Crippen molar-refractivity contribution in [1.29, 1.82) is 0 Å². The molecule has 4 nitrogen and oxygen atoms in total. The molecule has 1 amide bonds. The van der Waals surface area contributed by atoms with Gasteiger partial charge in [0.05, 0.1) is 11.7 Å². The summed E-state index contributed by atoms with van der Waals surface area (Å²) in [6, 6.07) is 5.11. The summed E-state index contributed by atoms with van der Waals surface area (Å²) in [5.41, 5.74) is 0.336. The first-order valence-electron chi connectivity index (χ1n) is 6.55. The number of amides is 1. The van der Waals surface area contributed by atoms with Crippen molar-refractivity contribution in [2.45, 2.75) is 43.9 Å². The molecule has 2 aliphatic heterocycles. The Kier molecular flexibility index (Phi) is 3.27. The first-order chi connectivity index (χ1) is 9.06. The highest BCUT2D eigenvalue weighted by atomic mass is 79.9. The summed E-state index contributed by atoms with van der Waals surface area (Å²) >= 11 is 3.32. The van der Waals surface area contributed by atoms with Crippen molar-refractivity contribution in [1.82, 2.24) is 4.90 Å². The van der Waals surface area contributed by atoms with E-state index >= 15 is 0 Å². The fourth-order valence-corrected chi connectivity index (χ4v) is 3.66. The van der Waals surface area contributed by atoms with Crippen LogP contribution in [0.15, 0.2) is 22.7 Å². The number of benzene rings is 1. The van der Waals surface area contributed by atoms with Crippen LogP contribution in [0.4, 0.5) is 0 Å². The molecule has 1 aromatic rings. The van der Waals surface area contributed by atoms with E-state index in [9.17, 15) is 15.0 Å². The van der Waals surface area contributed by atoms with E-state index in [1.165, 1.54) is 6.07 Å². The molecule has 102 valence electrons. The number of aromatic hydroxyl groups is 1. The van der Waals surface area contributed by atoms with Crippen LogP contribution in [0, 0.1) is 0 Å². The number of aliphatic hydroxyl groups is 1. The lowest BCUT2D eigenvalue weighted by molar-refractivity contribution is 0.0285. The molecule has 2 atom stereocenters. The molecule has 0 spiro atoms. The van der Waals surface area contributed by atoms with Crippen molar-refractivity contribution >= 4 is 21.8 Å². The summed E-state index contributed by atoms with van der Waals surface area (Å²) in [5.74, 6) is -0.114. The van der Waals surface area contributed by atoms with Gasteiger partial charge in [-0.2, -0.15) is 0 Å². The molecule has 0 saturated carbocycles. The smallest absolute Gasteiger partial charge is 0.258 e. The van der Waals surface area contributed by atoms with Crippen LogP contribution in [-0.2, 0) is 0 Å². The molecular weight excluding hydrogens is 310 g/mol. The summed E-state index contributed by atoms with van der Waals surface area (Å²) in [6.45, 7) is 0. The molecule has 1 aromatic carbocycles. The Labute approximate surface area is 120 Å². The highest BCUT2D eigenvalue weighted by molar-refractivity contribution is 9.10. The maximum Gasteiger partial charge on any atom is 0.258 e. The van der Waals surface area contributed by atoms with Gasteiger partial charge in [0.2, 0.25) is 0 Å². The number of hydrogen-bond donors (Lipinski definition) is 2. The van der Waals surface area contributed by atoms with E-state index in [0.717, 1.165) is 17.3 Å². The predicted octanol–water partition coefficient (Wildman–Crippen LogP) is 2.28. The third-order valence-corrected chi connectivity index (χ3v) is 4.62. The van der Waals surface area contributed by atoms with Crippen LogP contribution in [0.5, 0.6) is 5.75 Å². The molecule has 19 heavy (non-hydrogen) atoms. The predicted molar refractivity (Wildman–Crippen MR) is 74.0 cm³/mol. The van der Waals surface area contributed by atoms with Crippen LogP contribution in [-0.4, -0.2) is 39.2 Å². The third-order valence-electron chi connectivity index (χ3n) is 4.13. The Bertz CT molecular complexity index is 505. The van der Waals surface area contributed by atoms with E-state index in [-0.39, 0.29) is 29.8 Å². The highest BCUT2D eigenvalue weighted by Gasteiger charge is 2.43. The summed E-state index contributed by atoms with van der Waals surface area (Å²) < 4.78 is 0.776. The Morgan fingerprint density at radius 1 is 1.26 bits per heavy atom. The second-order valence-corrected chi connectivity index (χ2v) is 6.30. The summed E-state index contributed by atoms with van der Waals surface area (Å²) in [5, 5.41) is 19.6. The van der Waals surface area contributed by atoms with Gasteiger partial charge in [-0.1, -0.05) is 15.9 Å². The van der Waals surface area contributed by atoms with Gasteiger partial charge in [0.15, 0.2) is 0 Å². The fourth-order valence-electron chi connectivity index (χ4n) is 3.30. The van der Waals surface area contributed by atoms with Crippen LogP contribution in [0.2, 0.25) is 0 Å². The van der Waals surface area contributed by atoms with Crippen molar-refractivity contribution in [3.8, 4) is 5.75 Å². The molecule has 5 heteroatoms. The van der Waals surface area contributed by atoms with Gasteiger partial charge in [0.1, 0.15) is 5.75 Å². The second kappa shape index (κ2) is 4.80. The van der Waals surface area contributed by atoms with Crippen LogP contribution < -0.4 is 0 Å². The van der Waals surface area contributed by atoms with Crippen molar-refractivity contribution in [2.24, 2.45) is 0 Å². The van der Waals surface area contributed by atoms with Gasteiger partial charge in [0, 0.05) is 16.6 Å². The number of nitrogens with zero attached hydrogens (tertiary/aromatic N) is 1. The molecule has 2 N–H and O–H groups in total. The lowest BCUT2D eigenvalue weighted by Gasteiger charge is -2.37. The molecule has 2 heterocycles. The molecule has 0 radical (unpaired) electrons. The van der Waals surface area contributed by atoms with E-state index in [4.69, 9.17) is 0 Å². The number of fused-ring (bicyclic) bond motifs is 2. The van der Waals surface area contributed by atoms with Crippen molar-refractivity contribution in [3.63, 3.8) is 0 Å². The minimum atomic E-state index is -0.294. The van der Waals surface area contributed by atoms with E-state index < -0.39 is 0 Å². The fraction of sp³-hybridized carbons (Fsp3) is 0.500. The van der Waals surface area contributed by atoms with Gasteiger partial charge in [0.25, 0.3) is 5.91 Å². The number of halogens is 1. The average molecular weight is 326 g/mol. The zero-order valence-electron chi connectivity index (χ0n) is 10.4. The summed E-state index contributed by atoms with van der Waals surface area (Å²) in [7, 11) is 0. The number of carbonyl (C=O) groups is 1. The molecule has 0 aromatic heterocycles. The molecule has 2 saturated heterocycles. The first kappa shape index (κ1) is 12.9. The van der Waals surface area contributed by atoms with Gasteiger partial charge in [-0.3, -0.25) is 4.79 Å². The number of phenolic OH excluding ortho intramolecular Hbond substituents is 1. The number of phenols is 1. The first-order valence-corrected chi connectivity index (χ1v) is 7.35. The van der Waals surface area contributed by atoms with Gasteiger partial charge in [-0.25, -0.2) is 0 Å². The van der Waals surface area contributed by atoms with E-state index in [1.807, 2.05) is 4.90 Å². The normalized spacial score (nSPS) is 29.6. The Balaban J connectivity index is 1.90. The quantitative estimate of drug-likeness (QED) is 0.832.